The van der Waals surface area contributed by atoms with Crippen LogP contribution < -0.4 is 48.4 Å². The van der Waals surface area contributed by atoms with Crippen molar-refractivity contribution in [3.8, 4) is 0 Å². The molecule has 0 aliphatic heterocycles. The minimum Gasteiger partial charge on any atom is -1.00 e. The van der Waals surface area contributed by atoms with E-state index >= 15 is 0 Å². The average molecular weight is 363 g/mol. The zero-order valence-electron chi connectivity index (χ0n) is 7.31. The summed E-state index contributed by atoms with van der Waals surface area (Å²) in [5.41, 5.74) is 0. The van der Waals surface area contributed by atoms with Crippen LogP contribution in [0, 0.1) is 0 Å². The topological polar surface area (TPSA) is 0 Å². The first-order valence-electron chi connectivity index (χ1n) is 0. The smallest absolute Gasteiger partial charge is 1.00 e. The van der Waals surface area contributed by atoms with Crippen LogP contribution in [-0.2, 0) is 44.8 Å². The molecule has 0 nitrogen and oxygen atoms in total. The Morgan fingerprint density at radius 1 is 1.20 bits per heavy atom. The molecular weight excluding hydrogens is 359 g/mol. The molecule has 0 saturated carbocycles. The average Bonchev–Trinajstić information content (AvgIpc) is 0. The fraction of sp³-hybridized carbons (Fsp3) is 0. The first kappa shape index (κ1) is 36.8. The van der Waals surface area contributed by atoms with Gasteiger partial charge in [-0.05, 0) is 0 Å². The van der Waals surface area contributed by atoms with Gasteiger partial charge in [-0.3, -0.25) is 0 Å². The van der Waals surface area contributed by atoms with E-state index < -0.39 is 0 Å². The minimum absolute atomic E-state index is 0. The standard InChI is InChI=1S/Ag.Au.Li.Mg.Na.4H/q;;+1;+2;+1;4*-1. The van der Waals surface area contributed by atoms with Crippen LogP contribution in [0.4, 0.5) is 0 Å². The van der Waals surface area contributed by atoms with Crippen LogP contribution >= 0.6 is 0 Å². The third kappa shape index (κ3) is 18.1. The molecule has 0 aromatic rings. The molecule has 0 saturated heterocycles. The maximum Gasteiger partial charge on any atom is 2.00 e. The van der Waals surface area contributed by atoms with Crippen LogP contribution in [-0.4, -0.2) is 23.1 Å². The summed E-state index contributed by atoms with van der Waals surface area (Å²) in [6.45, 7) is 0. The molecule has 5 heteroatoms. The van der Waals surface area contributed by atoms with Crippen molar-refractivity contribution in [2.45, 2.75) is 0 Å². The Balaban J connectivity index is 0. The van der Waals surface area contributed by atoms with E-state index in [0.29, 0.717) is 0 Å². The largest absolute Gasteiger partial charge is 2.00 e. The molecule has 0 atom stereocenters. The van der Waals surface area contributed by atoms with Crippen molar-refractivity contribution >= 4 is 23.1 Å². The Bertz CT molecular complexity index is 20.5. The van der Waals surface area contributed by atoms with Crippen molar-refractivity contribution in [3.05, 3.63) is 0 Å². The molecule has 0 spiro atoms. The van der Waals surface area contributed by atoms with Gasteiger partial charge in [-0.15, -0.1) is 0 Å². The molecule has 0 aromatic carbocycles. The molecule has 0 fully saturated rings. The SMILES string of the molecule is [Ag].[Au].[H-].[H-].[H-].[H-].[Li+].[Mg+2].[Na+]. The van der Waals surface area contributed by atoms with E-state index in [1.165, 1.54) is 0 Å². The number of hydrogen-bond donors (Lipinski definition) is 0. The summed E-state index contributed by atoms with van der Waals surface area (Å²) in [6, 6.07) is 0. The maximum absolute atomic E-state index is 0. The zero-order chi connectivity index (χ0) is 0. The Morgan fingerprint density at radius 3 is 1.20 bits per heavy atom. The van der Waals surface area contributed by atoms with Gasteiger partial charge < -0.3 is 5.71 Å². The van der Waals surface area contributed by atoms with Gasteiger partial charge in [0.1, 0.15) is 0 Å². The van der Waals surface area contributed by atoms with Crippen molar-refractivity contribution in [3.63, 3.8) is 0 Å². The Labute approximate surface area is 120 Å². The summed E-state index contributed by atoms with van der Waals surface area (Å²) in [4.78, 5) is 0. The molecule has 0 heterocycles. The monoisotopic (exact) mass is 362 g/mol. The molecule has 0 unspecified atom stereocenters. The van der Waals surface area contributed by atoms with Crippen LogP contribution in [0.25, 0.3) is 0 Å². The third-order valence-corrected chi connectivity index (χ3v) is 0. The summed E-state index contributed by atoms with van der Waals surface area (Å²) in [6.07, 6.45) is 0. The van der Waals surface area contributed by atoms with Gasteiger partial charge in [0.05, 0.1) is 0 Å². The molecule has 30 valence electrons. The number of rotatable bonds is 0. The maximum atomic E-state index is 0. The van der Waals surface area contributed by atoms with Crippen molar-refractivity contribution < 1.29 is 98.9 Å². The van der Waals surface area contributed by atoms with E-state index in [1.807, 2.05) is 0 Å². The van der Waals surface area contributed by atoms with E-state index in [-0.39, 0.29) is 122 Å². The molecule has 0 aromatic heterocycles. The predicted molar refractivity (Wildman–Crippen MR) is 10.2 cm³/mol. The van der Waals surface area contributed by atoms with Gasteiger partial charge in [0, 0.05) is 44.8 Å². The van der Waals surface area contributed by atoms with Crippen molar-refractivity contribution in [1.29, 1.82) is 0 Å². The second-order valence-corrected chi connectivity index (χ2v) is 0. The first-order chi connectivity index (χ1) is 0. The summed E-state index contributed by atoms with van der Waals surface area (Å²) in [7, 11) is 0. The minimum atomic E-state index is 0. The molecule has 2 radical (unpaired) electrons. The Hall–Kier alpha value is 3.84. The van der Waals surface area contributed by atoms with Gasteiger partial charge in [-0.2, -0.15) is 0 Å². The van der Waals surface area contributed by atoms with E-state index in [2.05, 4.69) is 0 Å². The zero-order valence-corrected chi connectivity index (χ0v) is 10.4. The molecular formula is H4AgAuLiMgNa. The predicted octanol–water partition coefficient (Wildman–Crippen LogP) is -5.93. The summed E-state index contributed by atoms with van der Waals surface area (Å²) < 4.78 is 0. The van der Waals surface area contributed by atoms with Crippen molar-refractivity contribution in [2.75, 3.05) is 0 Å². The summed E-state index contributed by atoms with van der Waals surface area (Å²) in [5.74, 6) is 0. The van der Waals surface area contributed by atoms with Gasteiger partial charge >= 0.3 is 71.5 Å². The molecule has 0 bridgehead atoms. The van der Waals surface area contributed by atoms with Crippen molar-refractivity contribution in [1.82, 2.24) is 0 Å². The second-order valence-electron chi connectivity index (χ2n) is 0. The Morgan fingerprint density at radius 2 is 1.20 bits per heavy atom. The van der Waals surface area contributed by atoms with Crippen LogP contribution in [0.3, 0.4) is 0 Å². The second kappa shape index (κ2) is 24.9. The molecule has 0 rings (SSSR count). The fourth-order valence-corrected chi connectivity index (χ4v) is 0. The van der Waals surface area contributed by atoms with Crippen LogP contribution in [0.15, 0.2) is 0 Å². The van der Waals surface area contributed by atoms with Crippen LogP contribution in [0.2, 0.25) is 0 Å². The molecule has 5 heavy (non-hydrogen) atoms. The van der Waals surface area contributed by atoms with E-state index in [1.54, 1.807) is 0 Å². The number of hydrogen-bond acceptors (Lipinski definition) is 0. The first-order valence-corrected chi connectivity index (χ1v) is 0. The van der Waals surface area contributed by atoms with Crippen LogP contribution in [0.5, 0.6) is 0 Å². The summed E-state index contributed by atoms with van der Waals surface area (Å²) >= 11 is 0. The fourth-order valence-electron chi connectivity index (χ4n) is 0. The van der Waals surface area contributed by atoms with Gasteiger partial charge in [-0.25, -0.2) is 0 Å². The molecule has 0 amide bonds. The van der Waals surface area contributed by atoms with E-state index in [9.17, 15) is 0 Å². The normalized spacial score (nSPS) is 0. The summed E-state index contributed by atoms with van der Waals surface area (Å²) in [5, 5.41) is 0. The van der Waals surface area contributed by atoms with Crippen molar-refractivity contribution in [2.24, 2.45) is 0 Å². The van der Waals surface area contributed by atoms with Gasteiger partial charge in [0.15, 0.2) is 0 Å². The van der Waals surface area contributed by atoms with Crippen LogP contribution in [0.1, 0.15) is 5.71 Å². The van der Waals surface area contributed by atoms with Gasteiger partial charge in [0.25, 0.3) is 0 Å². The molecule has 0 N–H and O–H groups in total. The Kier molecular flexibility index (Phi) is 183. The molecule has 0 aliphatic carbocycles. The van der Waals surface area contributed by atoms with E-state index in [0.717, 1.165) is 0 Å². The quantitative estimate of drug-likeness (QED) is 0.376. The van der Waals surface area contributed by atoms with Gasteiger partial charge in [-0.1, -0.05) is 0 Å². The van der Waals surface area contributed by atoms with Gasteiger partial charge in [0.2, 0.25) is 0 Å². The van der Waals surface area contributed by atoms with E-state index in [4.69, 9.17) is 0 Å². The third-order valence-electron chi connectivity index (χ3n) is 0. The molecule has 0 aliphatic rings.